The molecule has 0 aliphatic rings. The maximum Gasteiger partial charge on any atom is 0.280 e. The van der Waals surface area contributed by atoms with E-state index in [0.29, 0.717) is 25.1 Å². The highest BCUT2D eigenvalue weighted by Crippen LogP contribution is 2.26. The Balaban J connectivity index is 2.01. The van der Waals surface area contributed by atoms with E-state index in [4.69, 9.17) is 4.74 Å². The third-order valence-electron chi connectivity index (χ3n) is 3.92. The molecule has 1 aromatic carbocycles. The van der Waals surface area contributed by atoms with E-state index in [0.717, 1.165) is 4.52 Å². The summed E-state index contributed by atoms with van der Waals surface area (Å²) in [6, 6.07) is 6.47. The fraction of sp³-hybridized carbons (Fsp3) is 0.278. The Morgan fingerprint density at radius 3 is 2.70 bits per heavy atom. The molecule has 3 rings (SSSR count). The van der Waals surface area contributed by atoms with Gasteiger partial charge in [-0.25, -0.2) is 22.7 Å². The lowest BCUT2D eigenvalue weighted by Crippen LogP contribution is -2.25. The summed E-state index contributed by atoms with van der Waals surface area (Å²) in [4.78, 5) is 16.7. The summed E-state index contributed by atoms with van der Waals surface area (Å²) in [7, 11) is 1.56. The van der Waals surface area contributed by atoms with E-state index in [2.05, 4.69) is 15.4 Å². The SMILES string of the molecule is COCCCNC(=O)c1cnn2c(C(F)F)cc(-c3ccc(F)cc3)nc12. The van der Waals surface area contributed by atoms with Crippen LogP contribution >= 0.6 is 0 Å². The highest BCUT2D eigenvalue weighted by Gasteiger charge is 2.21. The summed E-state index contributed by atoms with van der Waals surface area (Å²) in [6.45, 7) is 0.848. The van der Waals surface area contributed by atoms with Gasteiger partial charge >= 0.3 is 0 Å². The predicted octanol–water partition coefficient (Wildman–Crippen LogP) is 3.24. The van der Waals surface area contributed by atoms with Gasteiger partial charge in [0.2, 0.25) is 0 Å². The van der Waals surface area contributed by atoms with E-state index in [-0.39, 0.29) is 16.9 Å². The zero-order chi connectivity index (χ0) is 19.4. The normalized spacial score (nSPS) is 11.3. The number of nitrogens with zero attached hydrogens (tertiary/aromatic N) is 3. The highest BCUT2D eigenvalue weighted by molar-refractivity contribution is 5.99. The van der Waals surface area contributed by atoms with Crippen molar-refractivity contribution in [2.45, 2.75) is 12.8 Å². The third kappa shape index (κ3) is 4.08. The summed E-state index contributed by atoms with van der Waals surface area (Å²) >= 11 is 0. The third-order valence-corrected chi connectivity index (χ3v) is 3.92. The molecule has 0 spiro atoms. The number of benzene rings is 1. The van der Waals surface area contributed by atoms with Crippen LogP contribution in [0.5, 0.6) is 0 Å². The van der Waals surface area contributed by atoms with Gasteiger partial charge in [0.05, 0.1) is 11.9 Å². The van der Waals surface area contributed by atoms with Gasteiger partial charge in [-0.2, -0.15) is 5.10 Å². The van der Waals surface area contributed by atoms with Crippen LogP contribution < -0.4 is 5.32 Å². The van der Waals surface area contributed by atoms with E-state index in [1.165, 1.54) is 36.5 Å². The fourth-order valence-corrected chi connectivity index (χ4v) is 2.58. The summed E-state index contributed by atoms with van der Waals surface area (Å²) in [5.74, 6) is -0.917. The van der Waals surface area contributed by atoms with Gasteiger partial charge in [0.1, 0.15) is 17.1 Å². The van der Waals surface area contributed by atoms with Gasteiger partial charge in [-0.15, -0.1) is 0 Å². The number of carbonyl (C=O) groups excluding carboxylic acids is 1. The Morgan fingerprint density at radius 2 is 2.04 bits per heavy atom. The summed E-state index contributed by atoms with van der Waals surface area (Å²) in [5.41, 5.74) is 0.340. The fourth-order valence-electron chi connectivity index (χ4n) is 2.58. The first-order chi connectivity index (χ1) is 13.0. The molecule has 0 fully saturated rings. The zero-order valence-corrected chi connectivity index (χ0v) is 14.5. The summed E-state index contributed by atoms with van der Waals surface area (Å²) in [5, 5.41) is 6.56. The Hall–Kier alpha value is -2.94. The van der Waals surface area contributed by atoms with Gasteiger partial charge in [0.25, 0.3) is 12.3 Å². The minimum Gasteiger partial charge on any atom is -0.385 e. The average Bonchev–Trinajstić information content (AvgIpc) is 3.08. The van der Waals surface area contributed by atoms with Crippen LogP contribution in [0.1, 0.15) is 28.9 Å². The molecular weight excluding hydrogens is 361 g/mol. The average molecular weight is 378 g/mol. The van der Waals surface area contributed by atoms with Crippen LogP contribution in [0.15, 0.2) is 36.5 Å². The molecule has 142 valence electrons. The van der Waals surface area contributed by atoms with Crippen LogP contribution in [0.4, 0.5) is 13.2 Å². The Bertz CT molecular complexity index is 942. The van der Waals surface area contributed by atoms with Crippen molar-refractivity contribution in [1.82, 2.24) is 19.9 Å². The van der Waals surface area contributed by atoms with Gasteiger partial charge in [-0.05, 0) is 36.8 Å². The van der Waals surface area contributed by atoms with Crippen LogP contribution in [0, 0.1) is 5.82 Å². The summed E-state index contributed by atoms with van der Waals surface area (Å²) in [6.07, 6.45) is -1.01. The molecule has 0 saturated heterocycles. The van der Waals surface area contributed by atoms with Crippen molar-refractivity contribution in [3.05, 3.63) is 53.6 Å². The van der Waals surface area contributed by atoms with Crippen LogP contribution in [0.2, 0.25) is 0 Å². The van der Waals surface area contributed by atoms with E-state index < -0.39 is 23.8 Å². The van der Waals surface area contributed by atoms with Gasteiger partial charge in [-0.1, -0.05) is 0 Å². The van der Waals surface area contributed by atoms with Crippen LogP contribution in [-0.2, 0) is 4.74 Å². The first kappa shape index (κ1) is 18.8. The molecular formula is C18H17F3N4O2. The monoisotopic (exact) mass is 378 g/mol. The molecule has 2 heterocycles. The minimum absolute atomic E-state index is 0.0105. The molecule has 0 unspecified atom stereocenters. The molecule has 9 heteroatoms. The lowest BCUT2D eigenvalue weighted by molar-refractivity contribution is 0.0950. The second-order valence-electron chi connectivity index (χ2n) is 5.77. The van der Waals surface area contributed by atoms with Crippen molar-refractivity contribution in [3.63, 3.8) is 0 Å². The molecule has 0 saturated carbocycles. The second kappa shape index (κ2) is 8.17. The molecule has 2 aromatic heterocycles. The van der Waals surface area contributed by atoms with Gasteiger partial charge in [-0.3, -0.25) is 4.79 Å². The van der Waals surface area contributed by atoms with Crippen LogP contribution in [0.3, 0.4) is 0 Å². The molecule has 27 heavy (non-hydrogen) atoms. The topological polar surface area (TPSA) is 68.5 Å². The van der Waals surface area contributed by atoms with E-state index in [9.17, 15) is 18.0 Å². The Kier molecular flexibility index (Phi) is 5.70. The summed E-state index contributed by atoms with van der Waals surface area (Å²) < 4.78 is 46.0. The van der Waals surface area contributed by atoms with Crippen molar-refractivity contribution in [1.29, 1.82) is 0 Å². The van der Waals surface area contributed by atoms with Crippen molar-refractivity contribution < 1.29 is 22.7 Å². The molecule has 6 nitrogen and oxygen atoms in total. The van der Waals surface area contributed by atoms with Crippen molar-refractivity contribution in [2.24, 2.45) is 0 Å². The van der Waals surface area contributed by atoms with E-state index >= 15 is 0 Å². The maximum absolute atomic E-state index is 13.5. The molecule has 1 amide bonds. The molecule has 0 radical (unpaired) electrons. The Labute approximate surface area is 153 Å². The number of alkyl halides is 2. The first-order valence-corrected chi connectivity index (χ1v) is 8.21. The number of aromatic nitrogens is 3. The smallest absolute Gasteiger partial charge is 0.280 e. The van der Waals surface area contributed by atoms with Gasteiger partial charge in [0, 0.05) is 25.8 Å². The molecule has 3 aromatic rings. The number of fused-ring (bicyclic) bond motifs is 1. The van der Waals surface area contributed by atoms with E-state index in [1.54, 1.807) is 7.11 Å². The van der Waals surface area contributed by atoms with Crippen molar-refractivity contribution in [2.75, 3.05) is 20.3 Å². The molecule has 0 aliphatic heterocycles. The number of ether oxygens (including phenoxy) is 1. The first-order valence-electron chi connectivity index (χ1n) is 8.21. The number of halogens is 3. The molecule has 0 atom stereocenters. The largest absolute Gasteiger partial charge is 0.385 e. The standard InChI is InChI=1S/C18H17F3N4O2/c1-27-8-2-7-22-18(26)13-10-23-25-15(16(20)21)9-14(24-17(13)25)11-3-5-12(19)6-4-11/h3-6,9-10,16H,2,7-8H2,1H3,(H,22,26). The number of carbonyl (C=O) groups is 1. The van der Waals surface area contributed by atoms with Gasteiger partial charge in [0.15, 0.2) is 5.65 Å². The predicted molar refractivity (Wildman–Crippen MR) is 92.2 cm³/mol. The van der Waals surface area contributed by atoms with Crippen LogP contribution in [-0.4, -0.2) is 40.8 Å². The molecule has 1 N–H and O–H groups in total. The number of methoxy groups -OCH3 is 1. The molecule has 0 aliphatic carbocycles. The van der Waals surface area contributed by atoms with Crippen LogP contribution in [0.25, 0.3) is 16.9 Å². The van der Waals surface area contributed by atoms with Gasteiger partial charge < -0.3 is 10.1 Å². The number of amides is 1. The lowest BCUT2D eigenvalue weighted by atomic mass is 10.1. The number of rotatable bonds is 7. The minimum atomic E-state index is -2.83. The van der Waals surface area contributed by atoms with Crippen molar-refractivity contribution >= 4 is 11.6 Å². The maximum atomic E-state index is 13.5. The highest BCUT2D eigenvalue weighted by atomic mass is 19.3. The lowest BCUT2D eigenvalue weighted by Gasteiger charge is -2.09. The van der Waals surface area contributed by atoms with Crippen molar-refractivity contribution in [3.8, 4) is 11.3 Å². The number of hydrogen-bond acceptors (Lipinski definition) is 4. The zero-order valence-electron chi connectivity index (χ0n) is 14.5. The molecule has 0 bridgehead atoms. The van der Waals surface area contributed by atoms with E-state index in [1.807, 2.05) is 0 Å². The number of nitrogens with one attached hydrogen (secondary N) is 1. The number of hydrogen-bond donors (Lipinski definition) is 1. The Morgan fingerprint density at radius 1 is 1.30 bits per heavy atom. The second-order valence-corrected chi connectivity index (χ2v) is 5.77. The quantitative estimate of drug-likeness (QED) is 0.641.